The first kappa shape index (κ1) is 21.7. The number of nitrogens with one attached hydrogen (secondary N) is 2. The highest BCUT2D eigenvalue weighted by atomic mass is 127. The van der Waals surface area contributed by atoms with Gasteiger partial charge in [-0.15, -0.1) is 24.0 Å². The molecule has 0 bridgehead atoms. The van der Waals surface area contributed by atoms with E-state index in [4.69, 9.17) is 0 Å². The number of halogens is 1. The first-order valence-corrected chi connectivity index (χ1v) is 8.89. The number of aryl methyl sites for hydroxylation is 1. The summed E-state index contributed by atoms with van der Waals surface area (Å²) in [6.07, 6.45) is 4.00. The fourth-order valence-electron chi connectivity index (χ4n) is 3.13. The van der Waals surface area contributed by atoms with Crippen molar-refractivity contribution in [3.63, 3.8) is 0 Å². The van der Waals surface area contributed by atoms with E-state index in [0.717, 1.165) is 31.9 Å². The van der Waals surface area contributed by atoms with Crippen LogP contribution in [0.15, 0.2) is 29.3 Å². The Labute approximate surface area is 168 Å². The molecule has 140 valence electrons. The van der Waals surface area contributed by atoms with Crippen molar-refractivity contribution in [1.82, 2.24) is 15.5 Å². The van der Waals surface area contributed by atoms with Crippen molar-refractivity contribution >= 4 is 35.8 Å². The molecule has 25 heavy (non-hydrogen) atoms. The molecule has 6 heteroatoms. The monoisotopic (exact) mass is 458 g/mol. The molecule has 0 saturated carbocycles. The van der Waals surface area contributed by atoms with Gasteiger partial charge in [0.2, 0.25) is 5.91 Å². The second-order valence-electron chi connectivity index (χ2n) is 6.52. The molecule has 1 fully saturated rings. The lowest BCUT2D eigenvalue weighted by Crippen LogP contribution is -2.44. The molecule has 0 spiro atoms. The van der Waals surface area contributed by atoms with Gasteiger partial charge in [0.15, 0.2) is 5.96 Å². The summed E-state index contributed by atoms with van der Waals surface area (Å²) in [7, 11) is 1.75. The largest absolute Gasteiger partial charge is 0.356 e. The smallest absolute Gasteiger partial charge is 0.224 e. The Kier molecular flexibility index (Phi) is 9.85. The number of benzene rings is 1. The third-order valence-corrected chi connectivity index (χ3v) is 4.52. The van der Waals surface area contributed by atoms with E-state index in [1.807, 2.05) is 4.90 Å². The van der Waals surface area contributed by atoms with E-state index < -0.39 is 0 Å². The number of amides is 1. The first-order chi connectivity index (χ1) is 11.6. The number of hydrogen-bond donors (Lipinski definition) is 2. The molecule has 1 aromatic carbocycles. The van der Waals surface area contributed by atoms with Crippen molar-refractivity contribution in [1.29, 1.82) is 0 Å². The van der Waals surface area contributed by atoms with E-state index in [1.54, 1.807) is 7.05 Å². The zero-order valence-electron chi connectivity index (χ0n) is 15.5. The summed E-state index contributed by atoms with van der Waals surface area (Å²) < 4.78 is 0. The summed E-state index contributed by atoms with van der Waals surface area (Å²) in [5.41, 5.74) is 2.47. The normalized spacial score (nSPS) is 17.6. The first-order valence-electron chi connectivity index (χ1n) is 8.89. The molecular formula is C19H31IN4O. The molecule has 0 radical (unpaired) electrons. The van der Waals surface area contributed by atoms with Crippen LogP contribution in [-0.2, 0) is 11.3 Å². The topological polar surface area (TPSA) is 56.7 Å². The highest BCUT2D eigenvalue weighted by molar-refractivity contribution is 14.0. The highest BCUT2D eigenvalue weighted by Crippen LogP contribution is 2.16. The van der Waals surface area contributed by atoms with Gasteiger partial charge in [0, 0.05) is 39.1 Å². The molecule has 1 amide bonds. The Morgan fingerprint density at radius 3 is 2.80 bits per heavy atom. The van der Waals surface area contributed by atoms with Gasteiger partial charge in [0.05, 0.1) is 0 Å². The van der Waals surface area contributed by atoms with Gasteiger partial charge in [-0.25, -0.2) is 0 Å². The number of rotatable bonds is 5. The predicted octanol–water partition coefficient (Wildman–Crippen LogP) is 3.07. The highest BCUT2D eigenvalue weighted by Gasteiger charge is 2.22. The van der Waals surface area contributed by atoms with Gasteiger partial charge in [0.25, 0.3) is 0 Å². The molecule has 2 N–H and O–H groups in total. The van der Waals surface area contributed by atoms with Crippen LogP contribution in [0, 0.1) is 6.92 Å². The number of carbonyl (C=O) groups excluding carboxylic acids is 1. The Morgan fingerprint density at radius 1 is 1.32 bits per heavy atom. The Hall–Kier alpha value is -1.31. The van der Waals surface area contributed by atoms with Crippen LogP contribution in [0.1, 0.15) is 43.7 Å². The summed E-state index contributed by atoms with van der Waals surface area (Å²) >= 11 is 0. The molecule has 1 aliphatic rings. The van der Waals surface area contributed by atoms with Gasteiger partial charge in [-0.1, -0.05) is 29.8 Å². The quantitative estimate of drug-likeness (QED) is 0.405. The molecule has 1 unspecified atom stereocenters. The van der Waals surface area contributed by atoms with Gasteiger partial charge in [-0.3, -0.25) is 9.79 Å². The van der Waals surface area contributed by atoms with Crippen molar-refractivity contribution in [3.8, 4) is 0 Å². The molecule has 1 aliphatic heterocycles. The van der Waals surface area contributed by atoms with Crippen molar-refractivity contribution in [2.45, 2.75) is 52.1 Å². The molecule has 0 aromatic heterocycles. The van der Waals surface area contributed by atoms with E-state index >= 15 is 0 Å². The van der Waals surface area contributed by atoms with Gasteiger partial charge in [0.1, 0.15) is 0 Å². The van der Waals surface area contributed by atoms with Crippen LogP contribution in [0.25, 0.3) is 0 Å². The van der Waals surface area contributed by atoms with Crippen LogP contribution < -0.4 is 10.6 Å². The second-order valence-corrected chi connectivity index (χ2v) is 6.52. The number of piperidine rings is 1. The molecule has 1 saturated heterocycles. The molecule has 5 nitrogen and oxygen atoms in total. The standard InChI is InChI=1S/C19H30N4O.HI/c1-15-7-6-9-17(13-15)14-22-19(20-3)21-11-10-18(24)23-12-5-4-8-16(23)2;/h6-7,9,13,16H,4-5,8,10-12,14H2,1-3H3,(H2,20,21,22);1H. The predicted molar refractivity (Wildman–Crippen MR) is 114 cm³/mol. The number of likely N-dealkylation sites (tertiary alicyclic amines) is 1. The average molecular weight is 458 g/mol. The number of guanidine groups is 1. The van der Waals surface area contributed by atoms with Crippen molar-refractivity contribution in [3.05, 3.63) is 35.4 Å². The van der Waals surface area contributed by atoms with Crippen LogP contribution in [0.4, 0.5) is 0 Å². The zero-order chi connectivity index (χ0) is 17.4. The SMILES string of the molecule is CN=C(NCCC(=O)N1CCCCC1C)NCc1cccc(C)c1.I. The van der Waals surface area contributed by atoms with Crippen LogP contribution >= 0.6 is 24.0 Å². The fraction of sp³-hybridized carbons (Fsp3) is 0.579. The van der Waals surface area contributed by atoms with Gasteiger partial charge in [-0.2, -0.15) is 0 Å². The van der Waals surface area contributed by atoms with Crippen molar-refractivity contribution < 1.29 is 4.79 Å². The van der Waals surface area contributed by atoms with Crippen LogP contribution in [0.2, 0.25) is 0 Å². The molecule has 1 heterocycles. The van der Waals surface area contributed by atoms with Crippen LogP contribution in [0.3, 0.4) is 0 Å². The van der Waals surface area contributed by atoms with Crippen molar-refractivity contribution in [2.24, 2.45) is 4.99 Å². The summed E-state index contributed by atoms with van der Waals surface area (Å²) in [5.74, 6) is 0.972. The summed E-state index contributed by atoms with van der Waals surface area (Å²) in [5, 5.41) is 6.52. The Morgan fingerprint density at radius 2 is 2.12 bits per heavy atom. The molecule has 1 atom stereocenters. The average Bonchev–Trinajstić information content (AvgIpc) is 2.58. The number of nitrogens with zero attached hydrogens (tertiary/aromatic N) is 2. The molecule has 2 rings (SSSR count). The minimum Gasteiger partial charge on any atom is -0.356 e. The van der Waals surface area contributed by atoms with Crippen LogP contribution in [-0.4, -0.2) is 42.9 Å². The minimum absolute atomic E-state index is 0. The maximum atomic E-state index is 12.3. The van der Waals surface area contributed by atoms with E-state index in [1.165, 1.54) is 17.5 Å². The lowest BCUT2D eigenvalue weighted by molar-refractivity contribution is -0.134. The fourth-order valence-corrected chi connectivity index (χ4v) is 3.13. The van der Waals surface area contributed by atoms with E-state index in [0.29, 0.717) is 19.0 Å². The third-order valence-electron chi connectivity index (χ3n) is 4.52. The van der Waals surface area contributed by atoms with E-state index in [2.05, 4.69) is 53.7 Å². The zero-order valence-corrected chi connectivity index (χ0v) is 17.9. The van der Waals surface area contributed by atoms with Gasteiger partial charge in [-0.05, 0) is 38.7 Å². The third kappa shape index (κ3) is 7.22. The van der Waals surface area contributed by atoms with Crippen molar-refractivity contribution in [2.75, 3.05) is 20.1 Å². The summed E-state index contributed by atoms with van der Waals surface area (Å²) in [6, 6.07) is 8.77. The Bertz CT molecular complexity index is 576. The summed E-state index contributed by atoms with van der Waals surface area (Å²) in [6.45, 7) is 6.46. The number of carbonyl (C=O) groups is 1. The molecule has 1 aromatic rings. The van der Waals surface area contributed by atoms with E-state index in [-0.39, 0.29) is 29.9 Å². The second kappa shape index (κ2) is 11.3. The maximum Gasteiger partial charge on any atom is 0.224 e. The maximum absolute atomic E-state index is 12.3. The number of aliphatic imine (C=N–C) groups is 1. The Balaban J connectivity index is 0.00000312. The lowest BCUT2D eigenvalue weighted by Gasteiger charge is -2.33. The van der Waals surface area contributed by atoms with Crippen LogP contribution in [0.5, 0.6) is 0 Å². The molecule has 0 aliphatic carbocycles. The van der Waals surface area contributed by atoms with Gasteiger partial charge < -0.3 is 15.5 Å². The van der Waals surface area contributed by atoms with E-state index in [9.17, 15) is 4.79 Å². The summed E-state index contributed by atoms with van der Waals surface area (Å²) in [4.78, 5) is 18.6. The van der Waals surface area contributed by atoms with Gasteiger partial charge >= 0.3 is 0 Å². The number of hydrogen-bond acceptors (Lipinski definition) is 2. The minimum atomic E-state index is 0. The lowest BCUT2D eigenvalue weighted by atomic mass is 10.0. The molecular weight excluding hydrogens is 427 g/mol.